The van der Waals surface area contributed by atoms with Crippen molar-refractivity contribution in [1.82, 2.24) is 5.32 Å². The van der Waals surface area contributed by atoms with E-state index >= 15 is 0 Å². The van der Waals surface area contributed by atoms with E-state index in [0.717, 1.165) is 0 Å². The maximum absolute atomic E-state index is 13.1. The SMILES string of the molecule is CCOc1ccc(/C=C(/NC(=O)c2ccc(Cl)cc2)C(=O)Nc2ccc(C(=O)O)cc2)cc1OCC. The van der Waals surface area contributed by atoms with E-state index in [-0.39, 0.29) is 11.3 Å². The number of hydrogen-bond donors (Lipinski definition) is 3. The van der Waals surface area contributed by atoms with Crippen LogP contribution in [0.25, 0.3) is 6.08 Å². The zero-order valence-corrected chi connectivity index (χ0v) is 20.5. The number of benzene rings is 3. The Morgan fingerprint density at radius 2 is 1.47 bits per heavy atom. The van der Waals surface area contributed by atoms with Crippen molar-refractivity contribution >= 4 is 41.1 Å². The molecule has 3 aromatic rings. The Bertz CT molecular complexity index is 1270. The molecule has 0 saturated heterocycles. The number of halogens is 1. The molecule has 0 aliphatic carbocycles. The van der Waals surface area contributed by atoms with Crippen molar-refractivity contribution in [3.05, 3.63) is 94.1 Å². The molecule has 0 saturated carbocycles. The van der Waals surface area contributed by atoms with Crippen LogP contribution in [0, 0.1) is 0 Å². The van der Waals surface area contributed by atoms with Gasteiger partial charge in [0.1, 0.15) is 5.70 Å². The number of rotatable bonds is 10. The van der Waals surface area contributed by atoms with E-state index in [1.807, 2.05) is 13.8 Å². The molecule has 186 valence electrons. The van der Waals surface area contributed by atoms with Gasteiger partial charge in [0.2, 0.25) is 0 Å². The number of aromatic carboxylic acids is 1. The number of carboxylic acid groups (broad SMARTS) is 1. The van der Waals surface area contributed by atoms with Gasteiger partial charge in [-0.1, -0.05) is 17.7 Å². The van der Waals surface area contributed by atoms with Gasteiger partial charge >= 0.3 is 5.97 Å². The molecule has 0 atom stereocenters. The number of carbonyl (C=O) groups is 3. The van der Waals surface area contributed by atoms with Crippen LogP contribution in [-0.2, 0) is 4.79 Å². The lowest BCUT2D eigenvalue weighted by Gasteiger charge is -2.13. The summed E-state index contributed by atoms with van der Waals surface area (Å²) in [5.41, 5.74) is 1.30. The van der Waals surface area contributed by atoms with Crippen molar-refractivity contribution in [3.8, 4) is 11.5 Å². The number of anilines is 1. The summed E-state index contributed by atoms with van der Waals surface area (Å²) in [6.07, 6.45) is 1.51. The average molecular weight is 509 g/mol. The molecule has 0 bridgehead atoms. The Morgan fingerprint density at radius 1 is 0.861 bits per heavy atom. The highest BCUT2D eigenvalue weighted by Crippen LogP contribution is 2.29. The highest BCUT2D eigenvalue weighted by molar-refractivity contribution is 6.30. The van der Waals surface area contributed by atoms with Gasteiger partial charge in [0.25, 0.3) is 11.8 Å². The molecule has 3 N–H and O–H groups in total. The fourth-order valence-electron chi connectivity index (χ4n) is 3.17. The van der Waals surface area contributed by atoms with Crippen LogP contribution in [0.2, 0.25) is 5.02 Å². The van der Waals surface area contributed by atoms with Gasteiger partial charge in [0.05, 0.1) is 18.8 Å². The number of ether oxygens (including phenoxy) is 2. The minimum Gasteiger partial charge on any atom is -0.490 e. The summed E-state index contributed by atoms with van der Waals surface area (Å²) >= 11 is 5.91. The third kappa shape index (κ3) is 7.10. The van der Waals surface area contributed by atoms with Crippen molar-refractivity contribution in [2.45, 2.75) is 13.8 Å². The average Bonchev–Trinajstić information content (AvgIpc) is 2.86. The van der Waals surface area contributed by atoms with E-state index in [1.54, 1.807) is 42.5 Å². The minimum atomic E-state index is -1.08. The van der Waals surface area contributed by atoms with Crippen LogP contribution in [0.15, 0.2) is 72.4 Å². The normalized spacial score (nSPS) is 10.9. The van der Waals surface area contributed by atoms with Crippen LogP contribution in [0.3, 0.4) is 0 Å². The summed E-state index contributed by atoms with van der Waals surface area (Å²) in [6, 6.07) is 17.1. The van der Waals surface area contributed by atoms with E-state index in [4.69, 9.17) is 26.2 Å². The molecule has 0 heterocycles. The first-order valence-corrected chi connectivity index (χ1v) is 11.5. The van der Waals surface area contributed by atoms with Crippen LogP contribution in [0.5, 0.6) is 11.5 Å². The maximum Gasteiger partial charge on any atom is 0.335 e. The molecule has 0 unspecified atom stereocenters. The fraction of sp³-hybridized carbons (Fsp3) is 0.148. The second-order valence-corrected chi connectivity index (χ2v) is 7.86. The lowest BCUT2D eigenvalue weighted by Crippen LogP contribution is -2.30. The van der Waals surface area contributed by atoms with Crippen LogP contribution >= 0.6 is 11.6 Å². The summed E-state index contributed by atoms with van der Waals surface area (Å²) < 4.78 is 11.2. The van der Waals surface area contributed by atoms with Crippen LogP contribution in [0.4, 0.5) is 5.69 Å². The second-order valence-electron chi connectivity index (χ2n) is 7.43. The molecule has 36 heavy (non-hydrogen) atoms. The molecule has 0 aromatic heterocycles. The largest absolute Gasteiger partial charge is 0.490 e. The van der Waals surface area contributed by atoms with Crippen molar-refractivity contribution < 1.29 is 29.0 Å². The van der Waals surface area contributed by atoms with E-state index in [2.05, 4.69) is 10.6 Å². The van der Waals surface area contributed by atoms with Gasteiger partial charge in [-0.25, -0.2) is 4.79 Å². The molecule has 0 spiro atoms. The van der Waals surface area contributed by atoms with Crippen LogP contribution < -0.4 is 20.1 Å². The van der Waals surface area contributed by atoms with Gasteiger partial charge in [0.15, 0.2) is 11.5 Å². The first-order chi connectivity index (χ1) is 17.3. The van der Waals surface area contributed by atoms with Gasteiger partial charge in [-0.05, 0) is 86.2 Å². The molecule has 3 aromatic carbocycles. The summed E-state index contributed by atoms with van der Waals surface area (Å²) in [5, 5.41) is 14.9. The molecule has 0 fully saturated rings. The molecule has 9 heteroatoms. The van der Waals surface area contributed by atoms with Crippen molar-refractivity contribution in [3.63, 3.8) is 0 Å². The second kappa shape index (κ2) is 12.4. The van der Waals surface area contributed by atoms with Gasteiger partial charge in [-0.2, -0.15) is 0 Å². The molecule has 8 nitrogen and oxygen atoms in total. The molecular weight excluding hydrogens is 484 g/mol. The van der Waals surface area contributed by atoms with Crippen LogP contribution in [-0.4, -0.2) is 36.1 Å². The minimum absolute atomic E-state index is 0.0381. The Balaban J connectivity index is 1.93. The molecule has 0 radical (unpaired) electrons. The smallest absolute Gasteiger partial charge is 0.335 e. The quantitative estimate of drug-likeness (QED) is 0.322. The Morgan fingerprint density at radius 3 is 2.08 bits per heavy atom. The number of carbonyl (C=O) groups excluding carboxylic acids is 2. The third-order valence-corrected chi connectivity index (χ3v) is 5.12. The molecule has 2 amide bonds. The first kappa shape index (κ1) is 26.3. The Labute approximate surface area is 213 Å². The van der Waals surface area contributed by atoms with E-state index in [0.29, 0.717) is 46.5 Å². The van der Waals surface area contributed by atoms with Gasteiger partial charge in [0, 0.05) is 16.3 Å². The topological polar surface area (TPSA) is 114 Å². The molecule has 0 aliphatic heterocycles. The lowest BCUT2D eigenvalue weighted by molar-refractivity contribution is -0.113. The van der Waals surface area contributed by atoms with Crippen LogP contribution in [0.1, 0.15) is 40.1 Å². The molecule has 3 rings (SSSR count). The lowest BCUT2D eigenvalue weighted by atomic mass is 10.1. The standard InChI is InChI=1S/C27H25ClN2O6/c1-3-35-23-14-5-17(16-24(23)36-4-2)15-22(30-25(31)18-6-10-20(28)11-7-18)26(32)29-21-12-8-19(9-13-21)27(33)34/h5-16H,3-4H2,1-2H3,(H,29,32)(H,30,31)(H,33,34)/b22-15+. The Kier molecular flexibility index (Phi) is 9.07. The van der Waals surface area contributed by atoms with Crippen molar-refractivity contribution in [1.29, 1.82) is 0 Å². The van der Waals surface area contributed by atoms with Crippen molar-refractivity contribution in [2.75, 3.05) is 18.5 Å². The monoisotopic (exact) mass is 508 g/mol. The van der Waals surface area contributed by atoms with E-state index < -0.39 is 17.8 Å². The fourth-order valence-corrected chi connectivity index (χ4v) is 3.30. The summed E-state index contributed by atoms with van der Waals surface area (Å²) in [7, 11) is 0. The third-order valence-electron chi connectivity index (χ3n) is 4.87. The zero-order chi connectivity index (χ0) is 26.1. The highest BCUT2D eigenvalue weighted by Gasteiger charge is 2.16. The number of carboxylic acids is 1. The molecule has 0 aliphatic rings. The number of hydrogen-bond acceptors (Lipinski definition) is 5. The van der Waals surface area contributed by atoms with E-state index in [1.165, 1.54) is 30.3 Å². The van der Waals surface area contributed by atoms with Gasteiger partial charge < -0.3 is 25.2 Å². The Hall–Kier alpha value is -4.30. The maximum atomic E-state index is 13.1. The highest BCUT2D eigenvalue weighted by atomic mass is 35.5. The van der Waals surface area contributed by atoms with Gasteiger partial charge in [-0.15, -0.1) is 0 Å². The predicted molar refractivity (Wildman–Crippen MR) is 138 cm³/mol. The molecular formula is C27H25ClN2O6. The number of nitrogens with one attached hydrogen (secondary N) is 2. The zero-order valence-electron chi connectivity index (χ0n) is 19.7. The predicted octanol–water partition coefficient (Wildman–Crippen LogP) is 5.25. The summed E-state index contributed by atoms with van der Waals surface area (Å²) in [5.74, 6) is -1.13. The van der Waals surface area contributed by atoms with E-state index in [9.17, 15) is 14.4 Å². The number of amides is 2. The summed E-state index contributed by atoms with van der Waals surface area (Å²) in [4.78, 5) is 37.1. The first-order valence-electron chi connectivity index (χ1n) is 11.1. The summed E-state index contributed by atoms with van der Waals surface area (Å²) in [6.45, 7) is 4.58. The van der Waals surface area contributed by atoms with Gasteiger partial charge in [-0.3, -0.25) is 9.59 Å². The van der Waals surface area contributed by atoms with Crippen molar-refractivity contribution in [2.24, 2.45) is 0 Å².